The summed E-state index contributed by atoms with van der Waals surface area (Å²) in [4.78, 5) is 25.1. The van der Waals surface area contributed by atoms with Crippen molar-refractivity contribution in [1.29, 1.82) is 0 Å². The number of amides is 2. The highest BCUT2D eigenvalue weighted by Gasteiger charge is 2.23. The quantitative estimate of drug-likeness (QED) is 0.705. The number of halogens is 1. The summed E-state index contributed by atoms with van der Waals surface area (Å²) in [7, 11) is 0. The standard InChI is InChI=1S/C21H23FN6O2/c1-14(2)20-25-19(26-30-20)15-7-8-18(23-13-15)27-9-11-28(12-10-27)21(29)24-17-6-4-3-5-16(17)22/h3-8,13-14H,9-12H2,1-2H3,(H,24,29). The molecule has 1 aliphatic heterocycles. The van der Waals surface area contributed by atoms with Gasteiger partial charge in [0.1, 0.15) is 11.6 Å². The van der Waals surface area contributed by atoms with E-state index in [-0.39, 0.29) is 17.6 Å². The van der Waals surface area contributed by atoms with Crippen LogP contribution in [0.2, 0.25) is 0 Å². The van der Waals surface area contributed by atoms with Crippen LogP contribution in [0.3, 0.4) is 0 Å². The van der Waals surface area contributed by atoms with Crippen molar-refractivity contribution in [3.8, 4) is 11.4 Å². The maximum absolute atomic E-state index is 13.7. The maximum atomic E-state index is 13.7. The van der Waals surface area contributed by atoms with E-state index in [4.69, 9.17) is 4.52 Å². The molecule has 3 aromatic rings. The van der Waals surface area contributed by atoms with Crippen molar-refractivity contribution in [3.05, 3.63) is 54.3 Å². The zero-order valence-electron chi connectivity index (χ0n) is 16.9. The Kier molecular flexibility index (Phi) is 5.60. The van der Waals surface area contributed by atoms with E-state index in [0.717, 1.165) is 11.4 Å². The first-order valence-electron chi connectivity index (χ1n) is 9.86. The molecule has 1 N–H and O–H groups in total. The summed E-state index contributed by atoms with van der Waals surface area (Å²) < 4.78 is 19.0. The highest BCUT2D eigenvalue weighted by molar-refractivity contribution is 5.89. The fourth-order valence-electron chi connectivity index (χ4n) is 3.19. The number of anilines is 2. The van der Waals surface area contributed by atoms with Gasteiger partial charge in [0.2, 0.25) is 11.7 Å². The molecule has 0 radical (unpaired) electrons. The van der Waals surface area contributed by atoms with Crippen LogP contribution in [-0.2, 0) is 0 Å². The lowest BCUT2D eigenvalue weighted by Crippen LogP contribution is -2.50. The number of para-hydroxylation sites is 1. The molecule has 4 rings (SSSR count). The van der Waals surface area contributed by atoms with E-state index in [2.05, 4.69) is 25.3 Å². The van der Waals surface area contributed by atoms with Crippen LogP contribution in [0.1, 0.15) is 25.7 Å². The van der Waals surface area contributed by atoms with Gasteiger partial charge in [-0.1, -0.05) is 31.1 Å². The highest BCUT2D eigenvalue weighted by Crippen LogP contribution is 2.22. The summed E-state index contributed by atoms with van der Waals surface area (Å²) in [6.45, 7) is 6.30. The number of rotatable bonds is 4. The number of urea groups is 1. The SMILES string of the molecule is CC(C)c1nc(-c2ccc(N3CCN(C(=O)Nc4ccccc4F)CC3)nc2)no1. The average molecular weight is 410 g/mol. The van der Waals surface area contributed by atoms with E-state index in [1.807, 2.05) is 26.0 Å². The number of pyridine rings is 1. The van der Waals surface area contributed by atoms with Gasteiger partial charge in [-0.3, -0.25) is 0 Å². The first-order chi connectivity index (χ1) is 14.5. The molecular formula is C21H23FN6O2. The molecule has 1 aliphatic rings. The maximum Gasteiger partial charge on any atom is 0.322 e. The highest BCUT2D eigenvalue weighted by atomic mass is 19.1. The van der Waals surface area contributed by atoms with Crippen molar-refractivity contribution in [2.75, 3.05) is 36.4 Å². The van der Waals surface area contributed by atoms with E-state index in [9.17, 15) is 9.18 Å². The van der Waals surface area contributed by atoms with Crippen molar-refractivity contribution in [2.24, 2.45) is 0 Å². The van der Waals surface area contributed by atoms with E-state index in [1.54, 1.807) is 29.3 Å². The van der Waals surface area contributed by atoms with Crippen LogP contribution >= 0.6 is 0 Å². The monoisotopic (exact) mass is 410 g/mol. The van der Waals surface area contributed by atoms with Crippen LogP contribution in [-0.4, -0.2) is 52.2 Å². The Balaban J connectivity index is 1.34. The first kappa shape index (κ1) is 19.8. The minimum atomic E-state index is -0.448. The third-order valence-corrected chi connectivity index (χ3v) is 4.95. The molecule has 156 valence electrons. The molecule has 3 heterocycles. The van der Waals surface area contributed by atoms with Crippen molar-refractivity contribution >= 4 is 17.5 Å². The summed E-state index contributed by atoms with van der Waals surface area (Å²) >= 11 is 0. The summed E-state index contributed by atoms with van der Waals surface area (Å²) in [6.07, 6.45) is 1.72. The number of piperazine rings is 1. The molecule has 1 fully saturated rings. The van der Waals surface area contributed by atoms with Crippen LogP contribution in [0.25, 0.3) is 11.4 Å². The van der Waals surface area contributed by atoms with E-state index >= 15 is 0 Å². The molecule has 0 aliphatic carbocycles. The number of nitrogens with zero attached hydrogens (tertiary/aromatic N) is 5. The molecule has 9 heteroatoms. The molecule has 1 aromatic carbocycles. The summed E-state index contributed by atoms with van der Waals surface area (Å²) in [5, 5.41) is 6.63. The van der Waals surface area contributed by atoms with Gasteiger partial charge in [0.25, 0.3) is 0 Å². The second-order valence-corrected chi connectivity index (χ2v) is 7.40. The lowest BCUT2D eigenvalue weighted by Gasteiger charge is -2.35. The number of nitrogens with one attached hydrogen (secondary N) is 1. The smallest absolute Gasteiger partial charge is 0.322 e. The number of hydrogen-bond donors (Lipinski definition) is 1. The number of aromatic nitrogens is 3. The molecular weight excluding hydrogens is 387 g/mol. The molecule has 0 bridgehead atoms. The predicted molar refractivity (Wildman–Crippen MR) is 111 cm³/mol. The number of hydrogen-bond acceptors (Lipinski definition) is 6. The fourth-order valence-corrected chi connectivity index (χ4v) is 3.19. The van der Waals surface area contributed by atoms with E-state index in [0.29, 0.717) is 37.9 Å². The number of carbonyl (C=O) groups excluding carboxylic acids is 1. The van der Waals surface area contributed by atoms with Crippen LogP contribution in [0.5, 0.6) is 0 Å². The van der Waals surface area contributed by atoms with E-state index in [1.165, 1.54) is 6.07 Å². The van der Waals surface area contributed by atoms with Crippen LogP contribution < -0.4 is 10.2 Å². The topological polar surface area (TPSA) is 87.4 Å². The Morgan fingerprint density at radius 2 is 1.90 bits per heavy atom. The fraction of sp³-hybridized carbons (Fsp3) is 0.333. The molecule has 0 spiro atoms. The molecule has 0 saturated carbocycles. The van der Waals surface area contributed by atoms with Gasteiger partial charge in [-0.2, -0.15) is 4.98 Å². The van der Waals surface area contributed by atoms with Crippen molar-refractivity contribution < 1.29 is 13.7 Å². The van der Waals surface area contributed by atoms with Gasteiger partial charge < -0.3 is 19.6 Å². The Morgan fingerprint density at radius 3 is 2.53 bits per heavy atom. The minimum Gasteiger partial charge on any atom is -0.353 e. The zero-order valence-corrected chi connectivity index (χ0v) is 16.9. The summed E-state index contributed by atoms with van der Waals surface area (Å²) in [5.41, 5.74) is 0.974. The molecule has 0 atom stereocenters. The molecule has 8 nitrogen and oxygen atoms in total. The molecule has 2 amide bonds. The Morgan fingerprint density at radius 1 is 1.13 bits per heavy atom. The Hall–Kier alpha value is -3.49. The largest absolute Gasteiger partial charge is 0.353 e. The van der Waals surface area contributed by atoms with Gasteiger partial charge in [-0.15, -0.1) is 0 Å². The summed E-state index contributed by atoms with van der Waals surface area (Å²) in [6, 6.07) is 9.66. The third-order valence-electron chi connectivity index (χ3n) is 4.95. The number of benzene rings is 1. The lowest BCUT2D eigenvalue weighted by molar-refractivity contribution is 0.208. The average Bonchev–Trinajstić information content (AvgIpc) is 3.26. The van der Waals surface area contributed by atoms with Gasteiger partial charge >= 0.3 is 6.03 Å². The Labute approximate surface area is 173 Å². The van der Waals surface area contributed by atoms with Crippen molar-refractivity contribution in [2.45, 2.75) is 19.8 Å². The molecule has 30 heavy (non-hydrogen) atoms. The molecule has 1 saturated heterocycles. The second-order valence-electron chi connectivity index (χ2n) is 7.40. The van der Waals surface area contributed by atoms with Crippen LogP contribution in [0.15, 0.2) is 47.1 Å². The van der Waals surface area contributed by atoms with Gasteiger partial charge in [-0.25, -0.2) is 14.2 Å². The zero-order chi connectivity index (χ0) is 21.1. The van der Waals surface area contributed by atoms with Gasteiger partial charge in [0.05, 0.1) is 5.69 Å². The van der Waals surface area contributed by atoms with Crippen molar-refractivity contribution in [3.63, 3.8) is 0 Å². The van der Waals surface area contributed by atoms with Crippen molar-refractivity contribution in [1.82, 2.24) is 20.0 Å². The molecule has 0 unspecified atom stereocenters. The predicted octanol–water partition coefficient (Wildman–Crippen LogP) is 3.75. The van der Waals surface area contributed by atoms with Crippen LogP contribution in [0, 0.1) is 5.82 Å². The number of carbonyl (C=O) groups is 1. The third kappa shape index (κ3) is 4.24. The normalized spacial score (nSPS) is 14.3. The van der Waals surface area contributed by atoms with E-state index < -0.39 is 5.82 Å². The van der Waals surface area contributed by atoms with Crippen LogP contribution in [0.4, 0.5) is 20.7 Å². The molecule has 2 aromatic heterocycles. The van der Waals surface area contributed by atoms with Gasteiger partial charge in [0, 0.05) is 43.9 Å². The summed E-state index contributed by atoms with van der Waals surface area (Å²) in [5.74, 6) is 1.66. The lowest BCUT2D eigenvalue weighted by atomic mass is 10.2. The van der Waals surface area contributed by atoms with Gasteiger partial charge in [0.15, 0.2) is 0 Å². The first-order valence-corrected chi connectivity index (χ1v) is 9.86. The Bertz CT molecular complexity index is 1010. The second kappa shape index (κ2) is 8.48. The van der Waals surface area contributed by atoms with Gasteiger partial charge in [-0.05, 0) is 24.3 Å². The minimum absolute atomic E-state index is 0.172.